The first kappa shape index (κ1) is 11.6. The van der Waals surface area contributed by atoms with Gasteiger partial charge in [0.1, 0.15) is 11.8 Å². The van der Waals surface area contributed by atoms with Gasteiger partial charge in [-0.15, -0.1) is 0 Å². The number of hydrogen-bond donors (Lipinski definition) is 0. The van der Waals surface area contributed by atoms with E-state index >= 15 is 0 Å². The summed E-state index contributed by atoms with van der Waals surface area (Å²) in [5.74, 6) is 0.847. The highest BCUT2D eigenvalue weighted by Gasteiger charge is 2.07. The summed E-state index contributed by atoms with van der Waals surface area (Å²) in [4.78, 5) is 7.85. The molecule has 5 heteroatoms. The van der Waals surface area contributed by atoms with Gasteiger partial charge in [-0.3, -0.25) is 0 Å². The Morgan fingerprint density at radius 1 is 1.29 bits per heavy atom. The van der Waals surface area contributed by atoms with Gasteiger partial charge in [-0.05, 0) is 30.7 Å². The summed E-state index contributed by atoms with van der Waals surface area (Å²) >= 11 is 3.41. The van der Waals surface area contributed by atoms with Gasteiger partial charge in [-0.25, -0.2) is 9.97 Å². The smallest absolute Gasteiger partial charge is 0.256 e. The lowest BCUT2D eigenvalue weighted by molar-refractivity contribution is 0.457. The zero-order chi connectivity index (χ0) is 12.3. The van der Waals surface area contributed by atoms with Crippen molar-refractivity contribution in [3.05, 3.63) is 46.3 Å². The molecule has 0 bridgehead atoms. The van der Waals surface area contributed by atoms with Crippen molar-refractivity contribution in [1.82, 2.24) is 9.97 Å². The van der Waals surface area contributed by atoms with Crippen molar-refractivity contribution in [2.75, 3.05) is 0 Å². The minimum atomic E-state index is 0.174. The third-order valence-electron chi connectivity index (χ3n) is 2.11. The normalized spacial score (nSPS) is 9.71. The first-order valence-electron chi connectivity index (χ1n) is 4.86. The molecule has 2 aromatic rings. The molecule has 1 aromatic carbocycles. The van der Waals surface area contributed by atoms with E-state index in [1.54, 1.807) is 6.07 Å². The first-order chi connectivity index (χ1) is 8.20. The number of nitrogens with zero attached hydrogens (tertiary/aromatic N) is 3. The van der Waals surface area contributed by atoms with E-state index in [1.165, 1.54) is 12.4 Å². The largest absolute Gasteiger partial charge is 0.436 e. The maximum atomic E-state index is 8.86. The molecule has 0 unspecified atom stereocenters. The standard InChI is InChI=1S/C12H8BrN3O/c1-8-6-9(2-3-10(8)13)17-12-11(7-14)15-4-5-16-12/h2-6H,1H3. The topological polar surface area (TPSA) is 58.8 Å². The summed E-state index contributed by atoms with van der Waals surface area (Å²) < 4.78 is 6.52. The van der Waals surface area contributed by atoms with E-state index < -0.39 is 0 Å². The number of hydrogen-bond acceptors (Lipinski definition) is 4. The molecule has 0 saturated carbocycles. The molecule has 1 aromatic heterocycles. The number of halogens is 1. The van der Waals surface area contributed by atoms with Crippen LogP contribution in [0.1, 0.15) is 11.3 Å². The van der Waals surface area contributed by atoms with Crippen LogP contribution in [0.25, 0.3) is 0 Å². The lowest BCUT2D eigenvalue weighted by atomic mass is 10.2. The Kier molecular flexibility index (Phi) is 3.35. The number of aryl methyl sites for hydroxylation is 1. The zero-order valence-electron chi connectivity index (χ0n) is 9.01. The fraction of sp³-hybridized carbons (Fsp3) is 0.0833. The molecule has 0 radical (unpaired) electrons. The van der Waals surface area contributed by atoms with Crippen LogP contribution >= 0.6 is 15.9 Å². The fourth-order valence-electron chi connectivity index (χ4n) is 1.27. The van der Waals surface area contributed by atoms with Crippen LogP contribution in [0.3, 0.4) is 0 Å². The van der Waals surface area contributed by atoms with Gasteiger partial charge in [0, 0.05) is 16.9 Å². The average Bonchev–Trinajstić information content (AvgIpc) is 2.34. The maximum Gasteiger partial charge on any atom is 0.256 e. The van der Waals surface area contributed by atoms with E-state index in [2.05, 4.69) is 25.9 Å². The Morgan fingerprint density at radius 3 is 2.76 bits per heavy atom. The van der Waals surface area contributed by atoms with Crippen LogP contribution in [0.4, 0.5) is 0 Å². The Labute approximate surface area is 107 Å². The van der Waals surface area contributed by atoms with Crippen molar-refractivity contribution in [2.24, 2.45) is 0 Å². The lowest BCUT2D eigenvalue weighted by Crippen LogP contribution is -1.94. The highest BCUT2D eigenvalue weighted by Crippen LogP contribution is 2.25. The van der Waals surface area contributed by atoms with Gasteiger partial charge in [0.25, 0.3) is 5.88 Å². The summed E-state index contributed by atoms with van der Waals surface area (Å²) in [5, 5.41) is 8.86. The minimum absolute atomic E-state index is 0.174. The molecule has 17 heavy (non-hydrogen) atoms. The van der Waals surface area contributed by atoms with Crippen LogP contribution in [0.2, 0.25) is 0 Å². The first-order valence-corrected chi connectivity index (χ1v) is 5.65. The predicted octanol–water partition coefficient (Wildman–Crippen LogP) is 3.21. The molecular weight excluding hydrogens is 282 g/mol. The molecule has 4 nitrogen and oxygen atoms in total. The summed E-state index contributed by atoms with van der Waals surface area (Å²) in [6, 6.07) is 7.48. The van der Waals surface area contributed by atoms with Gasteiger partial charge < -0.3 is 4.74 Å². The Bertz CT molecular complexity index is 593. The Balaban J connectivity index is 2.32. The second-order valence-electron chi connectivity index (χ2n) is 3.33. The Morgan fingerprint density at radius 2 is 2.06 bits per heavy atom. The maximum absolute atomic E-state index is 8.86. The van der Waals surface area contributed by atoms with Gasteiger partial charge in [0.15, 0.2) is 0 Å². The molecule has 0 aliphatic rings. The summed E-state index contributed by atoms with van der Waals surface area (Å²) in [5.41, 5.74) is 1.22. The molecule has 0 saturated heterocycles. The van der Waals surface area contributed by atoms with Crippen molar-refractivity contribution >= 4 is 15.9 Å². The average molecular weight is 290 g/mol. The van der Waals surface area contributed by atoms with Gasteiger partial charge in [-0.2, -0.15) is 5.26 Å². The highest BCUT2D eigenvalue weighted by atomic mass is 79.9. The van der Waals surface area contributed by atoms with Gasteiger partial charge >= 0.3 is 0 Å². The van der Waals surface area contributed by atoms with E-state index in [0.717, 1.165) is 10.0 Å². The number of aromatic nitrogens is 2. The second kappa shape index (κ2) is 4.93. The van der Waals surface area contributed by atoms with Crippen LogP contribution in [0, 0.1) is 18.3 Å². The number of ether oxygens (including phenoxy) is 1. The third-order valence-corrected chi connectivity index (χ3v) is 3.00. The molecule has 0 aliphatic heterocycles. The fourth-order valence-corrected chi connectivity index (χ4v) is 1.52. The number of rotatable bonds is 2. The van der Waals surface area contributed by atoms with Crippen molar-refractivity contribution in [3.63, 3.8) is 0 Å². The molecule has 0 amide bonds. The lowest BCUT2D eigenvalue weighted by Gasteiger charge is -2.06. The van der Waals surface area contributed by atoms with E-state index in [0.29, 0.717) is 5.75 Å². The van der Waals surface area contributed by atoms with Gasteiger partial charge in [0.2, 0.25) is 5.69 Å². The molecule has 0 aliphatic carbocycles. The summed E-state index contributed by atoms with van der Waals surface area (Å²) in [7, 11) is 0. The molecule has 84 valence electrons. The minimum Gasteiger partial charge on any atom is -0.436 e. The van der Waals surface area contributed by atoms with Crippen LogP contribution in [-0.4, -0.2) is 9.97 Å². The van der Waals surface area contributed by atoms with E-state index in [1.807, 2.05) is 25.1 Å². The van der Waals surface area contributed by atoms with Gasteiger partial charge in [0.05, 0.1) is 0 Å². The van der Waals surface area contributed by atoms with E-state index in [4.69, 9.17) is 10.00 Å². The van der Waals surface area contributed by atoms with E-state index in [-0.39, 0.29) is 11.6 Å². The molecule has 0 fully saturated rings. The number of nitriles is 1. The molecule has 1 heterocycles. The summed E-state index contributed by atoms with van der Waals surface area (Å²) in [6.45, 7) is 1.96. The molecular formula is C12H8BrN3O. The van der Waals surface area contributed by atoms with Crippen LogP contribution < -0.4 is 4.74 Å². The Hall–Kier alpha value is -1.93. The van der Waals surface area contributed by atoms with E-state index in [9.17, 15) is 0 Å². The number of benzene rings is 1. The summed E-state index contributed by atoms with van der Waals surface area (Å²) in [6.07, 6.45) is 2.94. The third kappa shape index (κ3) is 2.60. The van der Waals surface area contributed by atoms with Crippen molar-refractivity contribution in [2.45, 2.75) is 6.92 Å². The van der Waals surface area contributed by atoms with Gasteiger partial charge in [-0.1, -0.05) is 15.9 Å². The highest BCUT2D eigenvalue weighted by molar-refractivity contribution is 9.10. The monoisotopic (exact) mass is 289 g/mol. The molecule has 0 spiro atoms. The molecule has 0 atom stereocenters. The van der Waals surface area contributed by atoms with Crippen LogP contribution in [-0.2, 0) is 0 Å². The SMILES string of the molecule is Cc1cc(Oc2nccnc2C#N)ccc1Br. The molecule has 2 rings (SSSR count). The molecule has 0 N–H and O–H groups in total. The van der Waals surface area contributed by atoms with Crippen molar-refractivity contribution < 1.29 is 4.74 Å². The van der Waals surface area contributed by atoms with Crippen LogP contribution in [0.15, 0.2) is 35.1 Å². The van der Waals surface area contributed by atoms with Crippen molar-refractivity contribution in [3.8, 4) is 17.7 Å². The second-order valence-corrected chi connectivity index (χ2v) is 4.19. The predicted molar refractivity (Wildman–Crippen MR) is 65.7 cm³/mol. The van der Waals surface area contributed by atoms with Crippen LogP contribution in [0.5, 0.6) is 11.6 Å². The quantitative estimate of drug-likeness (QED) is 0.852. The zero-order valence-corrected chi connectivity index (χ0v) is 10.6. The van der Waals surface area contributed by atoms with Crippen molar-refractivity contribution in [1.29, 1.82) is 5.26 Å².